The molecule has 0 aliphatic carbocycles. The third-order valence-corrected chi connectivity index (χ3v) is 2.08. The minimum absolute atomic E-state index is 0.390. The zero-order valence-corrected chi connectivity index (χ0v) is 9.65. The quantitative estimate of drug-likeness (QED) is 0.856. The van der Waals surface area contributed by atoms with E-state index in [1.54, 1.807) is 0 Å². The topological polar surface area (TPSA) is 64.1 Å². The van der Waals surface area contributed by atoms with Crippen LogP contribution in [0.2, 0.25) is 0 Å². The van der Waals surface area contributed by atoms with E-state index in [2.05, 4.69) is 29.4 Å². The van der Waals surface area contributed by atoms with Gasteiger partial charge in [-0.3, -0.25) is 0 Å². The van der Waals surface area contributed by atoms with Crippen molar-refractivity contribution in [3.05, 3.63) is 23.8 Å². The highest BCUT2D eigenvalue weighted by atomic mass is 16.4. The van der Waals surface area contributed by atoms with Gasteiger partial charge < -0.3 is 14.2 Å². The summed E-state index contributed by atoms with van der Waals surface area (Å²) in [7, 11) is 0. The molecule has 2 aromatic heterocycles. The standard InChI is InChI=1S/C11H15N3O2/c1-7(2)12-6-10-13-14-11(16-10)9-5-4-8(3)15-9/h4-5,7,12H,6H2,1-3H3. The third-order valence-electron chi connectivity index (χ3n) is 2.08. The van der Waals surface area contributed by atoms with Crippen molar-refractivity contribution in [3.63, 3.8) is 0 Å². The first kappa shape index (κ1) is 10.9. The first-order valence-corrected chi connectivity index (χ1v) is 5.27. The highest BCUT2D eigenvalue weighted by Crippen LogP contribution is 2.20. The molecule has 2 rings (SSSR count). The second kappa shape index (κ2) is 4.49. The van der Waals surface area contributed by atoms with Gasteiger partial charge in [-0.05, 0) is 19.1 Å². The van der Waals surface area contributed by atoms with E-state index >= 15 is 0 Å². The van der Waals surface area contributed by atoms with Crippen LogP contribution in [-0.2, 0) is 6.54 Å². The molecule has 0 atom stereocenters. The first-order valence-electron chi connectivity index (χ1n) is 5.27. The molecule has 0 unspecified atom stereocenters. The van der Waals surface area contributed by atoms with Gasteiger partial charge in [0.1, 0.15) is 5.76 Å². The van der Waals surface area contributed by atoms with E-state index in [4.69, 9.17) is 8.83 Å². The summed E-state index contributed by atoms with van der Waals surface area (Å²) in [5.74, 6) is 2.43. The lowest BCUT2D eigenvalue weighted by Gasteiger charge is -2.03. The van der Waals surface area contributed by atoms with E-state index in [-0.39, 0.29) is 0 Å². The molecule has 86 valence electrons. The Kier molecular flexibility index (Phi) is 3.05. The molecule has 0 radical (unpaired) electrons. The largest absolute Gasteiger partial charge is 0.456 e. The molecule has 5 heteroatoms. The molecule has 16 heavy (non-hydrogen) atoms. The van der Waals surface area contributed by atoms with Gasteiger partial charge in [-0.2, -0.15) is 0 Å². The van der Waals surface area contributed by atoms with Crippen LogP contribution in [0.1, 0.15) is 25.5 Å². The van der Waals surface area contributed by atoms with Crippen LogP contribution in [0.5, 0.6) is 0 Å². The van der Waals surface area contributed by atoms with Crippen molar-refractivity contribution >= 4 is 0 Å². The van der Waals surface area contributed by atoms with Gasteiger partial charge in [-0.15, -0.1) is 10.2 Å². The summed E-state index contributed by atoms with van der Waals surface area (Å²) in [6.45, 7) is 6.58. The van der Waals surface area contributed by atoms with Crippen LogP contribution in [0.25, 0.3) is 11.7 Å². The molecular formula is C11H15N3O2. The predicted molar refractivity (Wildman–Crippen MR) is 58.7 cm³/mol. The van der Waals surface area contributed by atoms with Crippen LogP contribution in [0.15, 0.2) is 21.0 Å². The second-order valence-electron chi connectivity index (χ2n) is 3.95. The Bertz CT molecular complexity index is 459. The molecule has 2 aromatic rings. The number of hydrogen-bond acceptors (Lipinski definition) is 5. The van der Waals surface area contributed by atoms with Crippen LogP contribution in [0.4, 0.5) is 0 Å². The summed E-state index contributed by atoms with van der Waals surface area (Å²) in [5.41, 5.74) is 0. The molecule has 0 saturated carbocycles. The average Bonchev–Trinajstić information content (AvgIpc) is 2.83. The maximum atomic E-state index is 5.45. The highest BCUT2D eigenvalue weighted by Gasteiger charge is 2.11. The fourth-order valence-corrected chi connectivity index (χ4v) is 1.27. The van der Waals surface area contributed by atoms with Crippen LogP contribution in [0, 0.1) is 6.92 Å². The second-order valence-corrected chi connectivity index (χ2v) is 3.95. The minimum atomic E-state index is 0.390. The summed E-state index contributed by atoms with van der Waals surface area (Å²) in [6.07, 6.45) is 0. The SMILES string of the molecule is Cc1ccc(-c2nnc(CNC(C)C)o2)o1. The van der Waals surface area contributed by atoms with Crippen molar-refractivity contribution in [1.82, 2.24) is 15.5 Å². The molecule has 0 fully saturated rings. The van der Waals surface area contributed by atoms with Gasteiger partial charge in [0, 0.05) is 6.04 Å². The van der Waals surface area contributed by atoms with Crippen molar-refractivity contribution in [1.29, 1.82) is 0 Å². The number of hydrogen-bond donors (Lipinski definition) is 1. The Hall–Kier alpha value is -1.62. The van der Waals surface area contributed by atoms with Crippen LogP contribution >= 0.6 is 0 Å². The zero-order valence-electron chi connectivity index (χ0n) is 9.65. The number of aromatic nitrogens is 2. The van der Waals surface area contributed by atoms with E-state index in [9.17, 15) is 0 Å². The lowest BCUT2D eigenvalue weighted by atomic mass is 10.4. The van der Waals surface area contributed by atoms with Gasteiger partial charge >= 0.3 is 0 Å². The number of furan rings is 1. The van der Waals surface area contributed by atoms with E-state index in [1.807, 2.05) is 19.1 Å². The highest BCUT2D eigenvalue weighted by molar-refractivity contribution is 5.43. The monoisotopic (exact) mass is 221 g/mol. The molecular weight excluding hydrogens is 206 g/mol. The summed E-state index contributed by atoms with van der Waals surface area (Å²) >= 11 is 0. The summed E-state index contributed by atoms with van der Waals surface area (Å²) in [5, 5.41) is 11.1. The van der Waals surface area contributed by atoms with Crippen molar-refractivity contribution in [2.45, 2.75) is 33.4 Å². The average molecular weight is 221 g/mol. The van der Waals surface area contributed by atoms with E-state index in [0.29, 0.717) is 30.1 Å². The molecule has 0 bridgehead atoms. The molecule has 0 aromatic carbocycles. The molecule has 0 amide bonds. The number of aryl methyl sites for hydroxylation is 1. The molecule has 5 nitrogen and oxygen atoms in total. The van der Waals surface area contributed by atoms with Gasteiger partial charge in [-0.25, -0.2) is 0 Å². The van der Waals surface area contributed by atoms with Crippen LogP contribution in [0.3, 0.4) is 0 Å². The Balaban J connectivity index is 2.07. The zero-order chi connectivity index (χ0) is 11.5. The van der Waals surface area contributed by atoms with Crippen molar-refractivity contribution < 1.29 is 8.83 Å². The van der Waals surface area contributed by atoms with Crippen molar-refractivity contribution in [2.75, 3.05) is 0 Å². The Morgan fingerprint density at radius 3 is 2.69 bits per heavy atom. The van der Waals surface area contributed by atoms with Gasteiger partial charge in [0.25, 0.3) is 5.89 Å². The first-order chi connectivity index (χ1) is 7.65. The molecule has 0 aliphatic rings. The van der Waals surface area contributed by atoms with Crippen LogP contribution in [-0.4, -0.2) is 16.2 Å². The molecule has 0 aliphatic heterocycles. The number of nitrogens with zero attached hydrogens (tertiary/aromatic N) is 2. The van der Waals surface area contributed by atoms with Gasteiger partial charge in [0.05, 0.1) is 6.54 Å². The van der Waals surface area contributed by atoms with Gasteiger partial charge in [0.2, 0.25) is 5.89 Å². The lowest BCUT2D eigenvalue weighted by Crippen LogP contribution is -2.21. The number of nitrogens with one attached hydrogen (secondary N) is 1. The summed E-state index contributed by atoms with van der Waals surface area (Å²) < 4.78 is 10.8. The lowest BCUT2D eigenvalue weighted by molar-refractivity contribution is 0.444. The maximum Gasteiger partial charge on any atom is 0.283 e. The van der Waals surface area contributed by atoms with Crippen molar-refractivity contribution in [3.8, 4) is 11.7 Å². The van der Waals surface area contributed by atoms with Gasteiger partial charge in [0.15, 0.2) is 5.76 Å². The Labute approximate surface area is 93.9 Å². The van der Waals surface area contributed by atoms with E-state index < -0.39 is 0 Å². The normalized spacial score (nSPS) is 11.2. The maximum absolute atomic E-state index is 5.45. The predicted octanol–water partition coefficient (Wildman–Crippen LogP) is 2.14. The van der Waals surface area contributed by atoms with Gasteiger partial charge in [-0.1, -0.05) is 13.8 Å². The fraction of sp³-hybridized carbons (Fsp3) is 0.455. The molecule has 1 N–H and O–H groups in total. The van der Waals surface area contributed by atoms with E-state index in [0.717, 1.165) is 5.76 Å². The smallest absolute Gasteiger partial charge is 0.283 e. The summed E-state index contributed by atoms with van der Waals surface area (Å²) in [6, 6.07) is 4.08. The summed E-state index contributed by atoms with van der Waals surface area (Å²) in [4.78, 5) is 0. The van der Waals surface area contributed by atoms with Crippen LogP contribution < -0.4 is 5.32 Å². The molecule has 0 spiro atoms. The molecule has 0 saturated heterocycles. The third kappa shape index (κ3) is 2.49. The fourth-order valence-electron chi connectivity index (χ4n) is 1.27. The Morgan fingerprint density at radius 1 is 1.25 bits per heavy atom. The Morgan fingerprint density at radius 2 is 2.06 bits per heavy atom. The molecule has 2 heterocycles. The van der Waals surface area contributed by atoms with Crippen molar-refractivity contribution in [2.24, 2.45) is 0 Å². The minimum Gasteiger partial charge on any atom is -0.456 e. The van der Waals surface area contributed by atoms with E-state index in [1.165, 1.54) is 0 Å². The number of rotatable bonds is 4.